The highest BCUT2D eigenvalue weighted by Gasteiger charge is 2.14. The number of benzene rings is 2. The fraction of sp³-hybridized carbons (Fsp3) is 0.278. The Morgan fingerprint density at radius 1 is 1.05 bits per heavy atom. The summed E-state index contributed by atoms with van der Waals surface area (Å²) in [6.07, 6.45) is 0.819. The summed E-state index contributed by atoms with van der Waals surface area (Å²) in [5.41, 5.74) is 4.03. The van der Waals surface area contributed by atoms with Gasteiger partial charge in [0.05, 0.1) is 5.56 Å². The SMILES string of the molecule is O=C(O)c1ccc(Cc2ccccc2N2CCNCC2)cc1. The van der Waals surface area contributed by atoms with Crippen LogP contribution in [0.3, 0.4) is 0 Å². The standard InChI is InChI=1S/C18H20N2O2/c21-18(22)15-7-5-14(6-8-15)13-16-3-1-2-4-17(16)20-11-9-19-10-12-20/h1-8,19H,9-13H2,(H,21,22). The molecular formula is C18H20N2O2. The predicted molar refractivity (Wildman–Crippen MR) is 87.7 cm³/mol. The summed E-state index contributed by atoms with van der Waals surface area (Å²) in [4.78, 5) is 13.3. The Hall–Kier alpha value is -2.33. The highest BCUT2D eigenvalue weighted by molar-refractivity contribution is 5.87. The zero-order chi connectivity index (χ0) is 15.4. The van der Waals surface area contributed by atoms with Crippen LogP contribution in [-0.2, 0) is 6.42 Å². The van der Waals surface area contributed by atoms with Crippen molar-refractivity contribution in [1.82, 2.24) is 5.32 Å². The lowest BCUT2D eigenvalue weighted by atomic mass is 10.0. The van der Waals surface area contributed by atoms with Crippen molar-refractivity contribution in [1.29, 1.82) is 0 Å². The molecule has 0 saturated carbocycles. The normalized spacial score (nSPS) is 14.8. The van der Waals surface area contributed by atoms with Crippen LogP contribution in [0.1, 0.15) is 21.5 Å². The minimum absolute atomic E-state index is 0.333. The molecule has 0 aliphatic carbocycles. The summed E-state index contributed by atoms with van der Waals surface area (Å²) in [6.45, 7) is 4.08. The Kier molecular flexibility index (Phi) is 4.39. The minimum Gasteiger partial charge on any atom is -0.478 e. The molecule has 4 nitrogen and oxygen atoms in total. The van der Waals surface area contributed by atoms with Crippen LogP contribution in [-0.4, -0.2) is 37.3 Å². The lowest BCUT2D eigenvalue weighted by Crippen LogP contribution is -2.43. The molecule has 2 N–H and O–H groups in total. The van der Waals surface area contributed by atoms with E-state index in [0.717, 1.165) is 38.2 Å². The van der Waals surface area contributed by atoms with Crippen LogP contribution in [0, 0.1) is 0 Å². The van der Waals surface area contributed by atoms with Crippen molar-refractivity contribution in [3.8, 4) is 0 Å². The quantitative estimate of drug-likeness (QED) is 0.909. The van der Waals surface area contributed by atoms with Crippen molar-refractivity contribution in [2.75, 3.05) is 31.1 Å². The predicted octanol–water partition coefficient (Wildman–Crippen LogP) is 2.39. The van der Waals surface area contributed by atoms with Gasteiger partial charge in [0.2, 0.25) is 0 Å². The third-order valence-electron chi connectivity index (χ3n) is 4.04. The highest BCUT2D eigenvalue weighted by Crippen LogP contribution is 2.23. The van der Waals surface area contributed by atoms with Gasteiger partial charge in [-0.25, -0.2) is 4.79 Å². The molecule has 0 radical (unpaired) electrons. The zero-order valence-electron chi connectivity index (χ0n) is 12.5. The fourth-order valence-corrected chi connectivity index (χ4v) is 2.86. The third kappa shape index (κ3) is 3.28. The molecule has 0 unspecified atom stereocenters. The molecule has 1 saturated heterocycles. The lowest BCUT2D eigenvalue weighted by molar-refractivity contribution is 0.0697. The van der Waals surface area contributed by atoms with Crippen LogP contribution >= 0.6 is 0 Å². The van der Waals surface area contributed by atoms with Crippen LogP contribution < -0.4 is 10.2 Å². The van der Waals surface area contributed by atoms with Gasteiger partial charge in [0.25, 0.3) is 0 Å². The second kappa shape index (κ2) is 6.62. The molecule has 114 valence electrons. The van der Waals surface area contributed by atoms with Gasteiger partial charge in [0.15, 0.2) is 0 Å². The van der Waals surface area contributed by atoms with Gasteiger partial charge in [-0.3, -0.25) is 0 Å². The Bertz CT molecular complexity index is 646. The van der Waals surface area contributed by atoms with Crippen molar-refractivity contribution >= 4 is 11.7 Å². The van der Waals surface area contributed by atoms with Gasteiger partial charge >= 0.3 is 5.97 Å². The number of anilines is 1. The molecule has 1 fully saturated rings. The Morgan fingerprint density at radius 3 is 2.41 bits per heavy atom. The average molecular weight is 296 g/mol. The summed E-state index contributed by atoms with van der Waals surface area (Å²) in [6, 6.07) is 15.6. The van der Waals surface area contributed by atoms with E-state index in [-0.39, 0.29) is 0 Å². The first-order valence-corrected chi connectivity index (χ1v) is 7.60. The number of aromatic carboxylic acids is 1. The van der Waals surface area contributed by atoms with Crippen LogP contribution in [0.2, 0.25) is 0 Å². The second-order valence-electron chi connectivity index (χ2n) is 5.54. The summed E-state index contributed by atoms with van der Waals surface area (Å²) < 4.78 is 0. The van der Waals surface area contributed by atoms with E-state index in [9.17, 15) is 4.79 Å². The monoisotopic (exact) mass is 296 g/mol. The number of nitrogens with one attached hydrogen (secondary N) is 1. The van der Waals surface area contributed by atoms with Gasteiger partial charge in [-0.1, -0.05) is 30.3 Å². The van der Waals surface area contributed by atoms with E-state index in [1.54, 1.807) is 12.1 Å². The maximum atomic E-state index is 10.9. The van der Waals surface area contributed by atoms with Gasteiger partial charge in [-0.05, 0) is 35.7 Å². The third-order valence-corrected chi connectivity index (χ3v) is 4.04. The zero-order valence-corrected chi connectivity index (χ0v) is 12.5. The number of hydrogen-bond donors (Lipinski definition) is 2. The van der Waals surface area contributed by atoms with E-state index in [1.165, 1.54) is 11.3 Å². The van der Waals surface area contributed by atoms with Crippen molar-refractivity contribution < 1.29 is 9.90 Å². The van der Waals surface area contributed by atoms with Gasteiger partial charge in [0.1, 0.15) is 0 Å². The van der Waals surface area contributed by atoms with Gasteiger partial charge in [-0.15, -0.1) is 0 Å². The summed E-state index contributed by atoms with van der Waals surface area (Å²) >= 11 is 0. The number of hydrogen-bond acceptors (Lipinski definition) is 3. The number of rotatable bonds is 4. The molecule has 0 amide bonds. The van der Waals surface area contributed by atoms with Crippen LogP contribution in [0.4, 0.5) is 5.69 Å². The van der Waals surface area contributed by atoms with E-state index in [2.05, 4.69) is 34.5 Å². The summed E-state index contributed by atoms with van der Waals surface area (Å²) in [5, 5.41) is 12.3. The number of nitrogens with zero attached hydrogens (tertiary/aromatic N) is 1. The van der Waals surface area contributed by atoms with Gasteiger partial charge in [0, 0.05) is 31.9 Å². The molecule has 0 spiro atoms. The summed E-state index contributed by atoms with van der Waals surface area (Å²) in [7, 11) is 0. The fourth-order valence-electron chi connectivity index (χ4n) is 2.86. The first kappa shape index (κ1) is 14.6. The first-order valence-electron chi connectivity index (χ1n) is 7.60. The topological polar surface area (TPSA) is 52.6 Å². The van der Waals surface area contributed by atoms with E-state index in [4.69, 9.17) is 5.11 Å². The average Bonchev–Trinajstić information content (AvgIpc) is 2.57. The number of piperazine rings is 1. The van der Waals surface area contributed by atoms with Crippen molar-refractivity contribution in [2.24, 2.45) is 0 Å². The van der Waals surface area contributed by atoms with Crippen molar-refractivity contribution in [3.05, 3.63) is 65.2 Å². The smallest absolute Gasteiger partial charge is 0.335 e. The first-order chi connectivity index (χ1) is 10.7. The van der Waals surface area contributed by atoms with Crippen molar-refractivity contribution in [3.63, 3.8) is 0 Å². The van der Waals surface area contributed by atoms with Crippen LogP contribution in [0.5, 0.6) is 0 Å². The molecule has 2 aromatic carbocycles. The Balaban J connectivity index is 1.81. The van der Waals surface area contributed by atoms with Crippen LogP contribution in [0.15, 0.2) is 48.5 Å². The lowest BCUT2D eigenvalue weighted by Gasteiger charge is -2.31. The minimum atomic E-state index is -0.882. The number of carboxylic acid groups (broad SMARTS) is 1. The molecule has 2 aromatic rings. The molecule has 3 rings (SSSR count). The Labute approximate surface area is 130 Å². The van der Waals surface area contributed by atoms with E-state index in [1.807, 2.05) is 12.1 Å². The number of carboxylic acids is 1. The maximum absolute atomic E-state index is 10.9. The maximum Gasteiger partial charge on any atom is 0.335 e. The van der Waals surface area contributed by atoms with Crippen LogP contribution in [0.25, 0.3) is 0 Å². The number of carbonyl (C=O) groups is 1. The molecule has 22 heavy (non-hydrogen) atoms. The van der Waals surface area contributed by atoms with Gasteiger partial charge < -0.3 is 15.3 Å². The second-order valence-corrected chi connectivity index (χ2v) is 5.54. The molecule has 0 bridgehead atoms. The number of para-hydroxylation sites is 1. The molecule has 0 atom stereocenters. The molecule has 4 heteroatoms. The van der Waals surface area contributed by atoms with Gasteiger partial charge in [-0.2, -0.15) is 0 Å². The van der Waals surface area contributed by atoms with E-state index < -0.39 is 5.97 Å². The molecular weight excluding hydrogens is 276 g/mol. The largest absolute Gasteiger partial charge is 0.478 e. The highest BCUT2D eigenvalue weighted by atomic mass is 16.4. The molecule has 1 heterocycles. The van der Waals surface area contributed by atoms with E-state index in [0.29, 0.717) is 5.56 Å². The Morgan fingerprint density at radius 2 is 1.73 bits per heavy atom. The molecule has 1 aliphatic heterocycles. The molecule has 1 aliphatic rings. The van der Waals surface area contributed by atoms with E-state index >= 15 is 0 Å². The molecule has 0 aromatic heterocycles. The summed E-state index contributed by atoms with van der Waals surface area (Å²) in [5.74, 6) is -0.882. The van der Waals surface area contributed by atoms with Crippen molar-refractivity contribution in [2.45, 2.75) is 6.42 Å².